The minimum absolute atomic E-state index is 0.160. The van der Waals surface area contributed by atoms with Crippen LogP contribution in [0.5, 0.6) is 0 Å². The van der Waals surface area contributed by atoms with Gasteiger partial charge in [-0.2, -0.15) is 0 Å². The molecular formula is C23H35N5O4. The molecule has 176 valence electrons. The second kappa shape index (κ2) is 10.7. The highest BCUT2D eigenvalue weighted by Crippen LogP contribution is 2.16. The number of β-amino-alcohol motifs (C(OH)–C–C–N with tert-alkyl or cyclic N) is 1. The van der Waals surface area contributed by atoms with E-state index in [1.807, 2.05) is 30.3 Å². The molecule has 0 radical (unpaired) electrons. The summed E-state index contributed by atoms with van der Waals surface area (Å²) in [5, 5.41) is 14.6. The maximum Gasteiger partial charge on any atom is 0.441 e. The molecule has 9 heteroatoms. The van der Waals surface area contributed by atoms with E-state index in [4.69, 9.17) is 9.26 Å². The van der Waals surface area contributed by atoms with Crippen LogP contribution in [0.2, 0.25) is 0 Å². The quantitative estimate of drug-likeness (QED) is 0.632. The van der Waals surface area contributed by atoms with Gasteiger partial charge in [0.25, 0.3) is 0 Å². The average Bonchev–Trinajstić information content (AvgIpc) is 3.16. The van der Waals surface area contributed by atoms with Crippen LogP contribution in [-0.4, -0.2) is 107 Å². The number of nitrogens with zero attached hydrogens (tertiary/aromatic N) is 5. The molecule has 2 aliphatic rings. The molecule has 0 amide bonds. The molecule has 1 aromatic heterocycles. The van der Waals surface area contributed by atoms with Crippen molar-refractivity contribution in [3.63, 3.8) is 0 Å². The standard InChI is InChI=1S/C23H35N5O4/c1-18(2)27-12-13-31-21(17-27)16-26-10-8-25(9-11-26)14-20(29)15-28-22(24-32-23(28)30)19-6-4-3-5-7-19/h3-7,18,20-21,29H,8-17H2,1-2H3. The molecule has 0 bridgehead atoms. The fourth-order valence-electron chi connectivity index (χ4n) is 4.55. The fraction of sp³-hybridized carbons (Fsp3) is 0.652. The second-order valence-electron chi connectivity index (χ2n) is 9.09. The highest BCUT2D eigenvalue weighted by molar-refractivity contribution is 5.54. The molecular weight excluding hydrogens is 410 g/mol. The zero-order valence-corrected chi connectivity index (χ0v) is 19.1. The minimum Gasteiger partial charge on any atom is -0.390 e. The Morgan fingerprint density at radius 2 is 1.78 bits per heavy atom. The Labute approximate surface area is 189 Å². The van der Waals surface area contributed by atoms with Crippen molar-refractivity contribution in [3.05, 3.63) is 40.9 Å². The minimum atomic E-state index is -0.678. The second-order valence-corrected chi connectivity index (χ2v) is 9.09. The molecule has 2 atom stereocenters. The summed E-state index contributed by atoms with van der Waals surface area (Å²) >= 11 is 0. The van der Waals surface area contributed by atoms with Gasteiger partial charge in [-0.05, 0) is 13.8 Å². The van der Waals surface area contributed by atoms with Gasteiger partial charge in [0.05, 0.1) is 25.4 Å². The van der Waals surface area contributed by atoms with Gasteiger partial charge in [-0.3, -0.25) is 23.8 Å². The van der Waals surface area contributed by atoms with Gasteiger partial charge >= 0.3 is 5.76 Å². The van der Waals surface area contributed by atoms with Gasteiger partial charge in [0.1, 0.15) is 0 Å². The SMILES string of the molecule is CC(C)N1CCOC(CN2CCN(CC(O)Cn3c(-c4ccccc4)noc3=O)CC2)C1. The number of aliphatic hydroxyl groups is 1. The van der Waals surface area contributed by atoms with Gasteiger partial charge < -0.3 is 9.84 Å². The average molecular weight is 446 g/mol. The summed E-state index contributed by atoms with van der Waals surface area (Å²) in [6.07, 6.45) is -0.414. The van der Waals surface area contributed by atoms with Crippen molar-refractivity contribution < 1.29 is 14.4 Å². The Morgan fingerprint density at radius 3 is 2.50 bits per heavy atom. The van der Waals surface area contributed by atoms with Crippen molar-refractivity contribution >= 4 is 0 Å². The maximum absolute atomic E-state index is 12.1. The van der Waals surface area contributed by atoms with E-state index in [1.165, 1.54) is 4.57 Å². The molecule has 4 rings (SSSR count). The van der Waals surface area contributed by atoms with Crippen LogP contribution >= 0.6 is 0 Å². The molecule has 1 N–H and O–H groups in total. The Balaban J connectivity index is 1.25. The van der Waals surface area contributed by atoms with Crippen molar-refractivity contribution in [1.29, 1.82) is 0 Å². The van der Waals surface area contributed by atoms with E-state index in [0.717, 1.165) is 58.0 Å². The van der Waals surface area contributed by atoms with Crippen molar-refractivity contribution in [2.75, 3.05) is 59.0 Å². The largest absolute Gasteiger partial charge is 0.441 e. The van der Waals surface area contributed by atoms with Gasteiger partial charge in [-0.25, -0.2) is 4.79 Å². The number of benzene rings is 1. The summed E-state index contributed by atoms with van der Waals surface area (Å²) in [6.45, 7) is 12.6. The molecule has 9 nitrogen and oxygen atoms in total. The lowest BCUT2D eigenvalue weighted by atomic mass is 10.2. The predicted octanol–water partition coefficient (Wildman–Crippen LogP) is 0.591. The van der Waals surface area contributed by atoms with Crippen LogP contribution in [0.25, 0.3) is 11.4 Å². The molecule has 2 saturated heterocycles. The van der Waals surface area contributed by atoms with E-state index in [-0.39, 0.29) is 12.6 Å². The van der Waals surface area contributed by atoms with E-state index in [1.54, 1.807) is 0 Å². The summed E-state index contributed by atoms with van der Waals surface area (Å²) in [5.41, 5.74) is 0.792. The number of rotatable bonds is 8. The number of hydrogen-bond donors (Lipinski definition) is 1. The number of ether oxygens (including phenoxy) is 1. The molecule has 2 fully saturated rings. The summed E-state index contributed by atoms with van der Waals surface area (Å²) in [4.78, 5) is 19.3. The summed E-state index contributed by atoms with van der Waals surface area (Å²) < 4.78 is 12.3. The highest BCUT2D eigenvalue weighted by atomic mass is 16.5. The first-order chi connectivity index (χ1) is 15.5. The smallest absolute Gasteiger partial charge is 0.390 e. The van der Waals surface area contributed by atoms with Crippen molar-refractivity contribution in [2.45, 2.75) is 38.6 Å². The zero-order chi connectivity index (χ0) is 22.5. The lowest BCUT2D eigenvalue weighted by Crippen LogP contribution is -2.54. The van der Waals surface area contributed by atoms with E-state index >= 15 is 0 Å². The predicted molar refractivity (Wildman–Crippen MR) is 122 cm³/mol. The normalized spacial score (nSPS) is 22.4. The third-order valence-electron chi connectivity index (χ3n) is 6.41. The van der Waals surface area contributed by atoms with Gasteiger partial charge in [-0.1, -0.05) is 35.5 Å². The number of piperazine rings is 1. The molecule has 0 saturated carbocycles. The first-order valence-corrected chi connectivity index (χ1v) is 11.6. The first-order valence-electron chi connectivity index (χ1n) is 11.6. The van der Waals surface area contributed by atoms with Crippen molar-refractivity contribution in [1.82, 2.24) is 24.4 Å². The molecule has 3 heterocycles. The first kappa shape index (κ1) is 23.1. The molecule has 32 heavy (non-hydrogen) atoms. The van der Waals surface area contributed by atoms with Crippen LogP contribution in [0.4, 0.5) is 0 Å². The Kier molecular flexibility index (Phi) is 7.75. The van der Waals surface area contributed by atoms with Crippen LogP contribution in [0.15, 0.2) is 39.6 Å². The topological polar surface area (TPSA) is 87.2 Å². The maximum atomic E-state index is 12.1. The van der Waals surface area contributed by atoms with Gasteiger partial charge in [-0.15, -0.1) is 0 Å². The van der Waals surface area contributed by atoms with E-state index < -0.39 is 11.9 Å². The summed E-state index contributed by atoms with van der Waals surface area (Å²) in [5.74, 6) is -0.0990. The Hall–Kier alpha value is -2.04. The van der Waals surface area contributed by atoms with E-state index in [0.29, 0.717) is 18.4 Å². The number of morpholine rings is 1. The molecule has 0 aliphatic carbocycles. The Bertz CT molecular complexity index is 891. The number of hydrogen-bond acceptors (Lipinski definition) is 8. The van der Waals surface area contributed by atoms with Crippen LogP contribution in [0.1, 0.15) is 13.8 Å². The van der Waals surface area contributed by atoms with Crippen LogP contribution in [0.3, 0.4) is 0 Å². The van der Waals surface area contributed by atoms with Gasteiger partial charge in [0.2, 0.25) is 0 Å². The lowest BCUT2D eigenvalue weighted by molar-refractivity contribution is -0.0574. The highest BCUT2D eigenvalue weighted by Gasteiger charge is 2.27. The van der Waals surface area contributed by atoms with Crippen LogP contribution in [-0.2, 0) is 11.3 Å². The molecule has 0 spiro atoms. The number of aromatic nitrogens is 2. The van der Waals surface area contributed by atoms with Crippen molar-refractivity contribution in [3.8, 4) is 11.4 Å². The zero-order valence-electron chi connectivity index (χ0n) is 19.1. The molecule has 2 aromatic rings. The van der Waals surface area contributed by atoms with Crippen LogP contribution in [0, 0.1) is 0 Å². The summed E-state index contributed by atoms with van der Waals surface area (Å²) in [6, 6.07) is 9.97. The molecule has 2 aliphatic heterocycles. The van der Waals surface area contributed by atoms with Crippen molar-refractivity contribution in [2.24, 2.45) is 0 Å². The van der Waals surface area contributed by atoms with Gasteiger partial charge in [0, 0.05) is 64.0 Å². The monoisotopic (exact) mass is 445 g/mol. The third-order valence-corrected chi connectivity index (χ3v) is 6.41. The Morgan fingerprint density at radius 1 is 1.06 bits per heavy atom. The fourth-order valence-corrected chi connectivity index (χ4v) is 4.55. The number of aliphatic hydroxyl groups excluding tert-OH is 1. The van der Waals surface area contributed by atoms with Gasteiger partial charge in [0.15, 0.2) is 5.82 Å². The molecule has 1 aromatic carbocycles. The van der Waals surface area contributed by atoms with Crippen LogP contribution < -0.4 is 5.76 Å². The summed E-state index contributed by atoms with van der Waals surface area (Å²) in [7, 11) is 0. The van der Waals surface area contributed by atoms with E-state index in [9.17, 15) is 9.90 Å². The third kappa shape index (κ3) is 5.85. The molecule has 2 unspecified atom stereocenters. The van der Waals surface area contributed by atoms with E-state index in [2.05, 4.69) is 33.7 Å². The lowest BCUT2D eigenvalue weighted by Gasteiger charge is -2.40.